The number of nitrogens with zero attached hydrogens (tertiary/aromatic N) is 1. The van der Waals surface area contributed by atoms with E-state index in [1.54, 1.807) is 19.1 Å². The molecule has 0 bridgehead atoms. The molecule has 0 aliphatic carbocycles. The summed E-state index contributed by atoms with van der Waals surface area (Å²) in [7, 11) is 3.42. The highest BCUT2D eigenvalue weighted by Crippen LogP contribution is 2.13. The van der Waals surface area contributed by atoms with Crippen molar-refractivity contribution in [3.8, 4) is 0 Å². The summed E-state index contributed by atoms with van der Waals surface area (Å²) in [5, 5.41) is 0. The molecule has 0 spiro atoms. The number of rotatable bonds is 6. The van der Waals surface area contributed by atoms with Gasteiger partial charge in [-0.05, 0) is 18.9 Å². The predicted octanol–water partition coefficient (Wildman–Crippen LogP) is 1.91. The van der Waals surface area contributed by atoms with Gasteiger partial charge in [-0.3, -0.25) is 4.79 Å². The molecule has 1 amide bonds. The van der Waals surface area contributed by atoms with Crippen LogP contribution < -0.4 is 5.73 Å². The molecule has 0 aromatic heterocycles. The lowest BCUT2D eigenvalue weighted by molar-refractivity contribution is -0.131. The Morgan fingerprint density at radius 2 is 1.95 bits per heavy atom. The van der Waals surface area contributed by atoms with Crippen molar-refractivity contribution in [3.05, 3.63) is 35.4 Å². The molecule has 0 saturated heterocycles. The fraction of sp³-hybridized carbons (Fsp3) is 0.500. The van der Waals surface area contributed by atoms with Gasteiger partial charge in [-0.15, -0.1) is 12.4 Å². The minimum Gasteiger partial charge on any atom is -0.385 e. The van der Waals surface area contributed by atoms with Gasteiger partial charge in [0.25, 0.3) is 0 Å². The van der Waals surface area contributed by atoms with Crippen molar-refractivity contribution in [2.75, 3.05) is 27.3 Å². The van der Waals surface area contributed by atoms with Crippen LogP contribution in [-0.2, 0) is 9.53 Å². The minimum atomic E-state index is -0.585. The molecule has 0 radical (unpaired) electrons. The highest BCUT2D eigenvalue weighted by molar-refractivity contribution is 5.85. The van der Waals surface area contributed by atoms with Crippen molar-refractivity contribution < 1.29 is 9.53 Å². The molecular weight excluding hydrogens is 264 g/mol. The second-order valence-electron chi connectivity index (χ2n) is 4.49. The Kier molecular flexibility index (Phi) is 8.39. The normalized spacial score (nSPS) is 11.6. The Morgan fingerprint density at radius 3 is 2.47 bits per heavy atom. The van der Waals surface area contributed by atoms with Crippen LogP contribution in [0.25, 0.3) is 0 Å². The van der Waals surface area contributed by atoms with Crippen molar-refractivity contribution in [3.63, 3.8) is 0 Å². The number of amides is 1. The molecule has 1 atom stereocenters. The van der Waals surface area contributed by atoms with Crippen molar-refractivity contribution in [2.45, 2.75) is 19.4 Å². The van der Waals surface area contributed by atoms with E-state index in [4.69, 9.17) is 10.5 Å². The summed E-state index contributed by atoms with van der Waals surface area (Å²) < 4.78 is 4.96. The molecule has 1 unspecified atom stereocenters. The maximum Gasteiger partial charge on any atom is 0.243 e. The van der Waals surface area contributed by atoms with E-state index in [-0.39, 0.29) is 18.3 Å². The van der Waals surface area contributed by atoms with Crippen LogP contribution in [-0.4, -0.2) is 38.1 Å². The smallest absolute Gasteiger partial charge is 0.243 e. The number of carbonyl (C=O) groups is 1. The van der Waals surface area contributed by atoms with Crippen molar-refractivity contribution in [1.82, 2.24) is 4.90 Å². The minimum absolute atomic E-state index is 0. The zero-order valence-electron chi connectivity index (χ0n) is 11.8. The number of methoxy groups -OCH3 is 1. The predicted molar refractivity (Wildman–Crippen MR) is 79.5 cm³/mol. The van der Waals surface area contributed by atoms with Crippen LogP contribution in [0, 0.1) is 6.92 Å². The number of benzene rings is 1. The van der Waals surface area contributed by atoms with Crippen LogP contribution >= 0.6 is 12.4 Å². The molecular formula is C14H23ClN2O2. The Morgan fingerprint density at radius 1 is 1.37 bits per heavy atom. The first-order valence-corrected chi connectivity index (χ1v) is 6.12. The number of hydrogen-bond acceptors (Lipinski definition) is 3. The van der Waals surface area contributed by atoms with Crippen LogP contribution in [0.3, 0.4) is 0 Å². The van der Waals surface area contributed by atoms with E-state index >= 15 is 0 Å². The summed E-state index contributed by atoms with van der Waals surface area (Å²) in [4.78, 5) is 13.7. The average molecular weight is 287 g/mol. The summed E-state index contributed by atoms with van der Waals surface area (Å²) >= 11 is 0. The fourth-order valence-electron chi connectivity index (χ4n) is 1.71. The average Bonchev–Trinajstić information content (AvgIpc) is 2.38. The second kappa shape index (κ2) is 8.91. The molecule has 19 heavy (non-hydrogen) atoms. The quantitative estimate of drug-likeness (QED) is 0.813. The number of carbonyl (C=O) groups excluding carboxylic acids is 1. The molecule has 0 aliphatic heterocycles. The fourth-order valence-corrected chi connectivity index (χ4v) is 1.71. The highest BCUT2D eigenvalue weighted by atomic mass is 35.5. The van der Waals surface area contributed by atoms with Gasteiger partial charge in [-0.1, -0.05) is 29.8 Å². The Hall–Kier alpha value is -1.10. The van der Waals surface area contributed by atoms with E-state index in [1.807, 2.05) is 31.2 Å². The first-order chi connectivity index (χ1) is 8.56. The van der Waals surface area contributed by atoms with Gasteiger partial charge in [0.15, 0.2) is 0 Å². The Balaban J connectivity index is 0.00000324. The third kappa shape index (κ3) is 5.59. The number of halogens is 1. The lowest BCUT2D eigenvalue weighted by Gasteiger charge is -2.21. The van der Waals surface area contributed by atoms with Gasteiger partial charge in [-0.2, -0.15) is 0 Å². The maximum absolute atomic E-state index is 12.1. The summed E-state index contributed by atoms with van der Waals surface area (Å²) in [6, 6.07) is 7.15. The first kappa shape index (κ1) is 17.9. The van der Waals surface area contributed by atoms with E-state index in [0.717, 1.165) is 17.5 Å². The highest BCUT2D eigenvalue weighted by Gasteiger charge is 2.19. The van der Waals surface area contributed by atoms with Gasteiger partial charge in [0.05, 0.1) is 0 Å². The van der Waals surface area contributed by atoms with Crippen LogP contribution in [0.15, 0.2) is 24.3 Å². The van der Waals surface area contributed by atoms with Gasteiger partial charge in [0.1, 0.15) is 6.04 Å². The molecule has 4 nitrogen and oxygen atoms in total. The van der Waals surface area contributed by atoms with Crippen molar-refractivity contribution >= 4 is 18.3 Å². The first-order valence-electron chi connectivity index (χ1n) is 6.12. The zero-order valence-corrected chi connectivity index (χ0v) is 12.6. The third-order valence-corrected chi connectivity index (χ3v) is 2.92. The molecule has 108 valence electrons. The van der Waals surface area contributed by atoms with Crippen molar-refractivity contribution in [1.29, 1.82) is 0 Å². The second-order valence-corrected chi connectivity index (χ2v) is 4.49. The topological polar surface area (TPSA) is 55.6 Å². The van der Waals surface area contributed by atoms with E-state index in [2.05, 4.69) is 0 Å². The van der Waals surface area contributed by atoms with E-state index < -0.39 is 6.04 Å². The number of aryl methyl sites for hydroxylation is 1. The molecule has 1 aromatic rings. The largest absolute Gasteiger partial charge is 0.385 e. The van der Waals surface area contributed by atoms with Gasteiger partial charge in [0.2, 0.25) is 5.91 Å². The van der Waals surface area contributed by atoms with Crippen LogP contribution in [0.5, 0.6) is 0 Å². The molecule has 0 heterocycles. The summed E-state index contributed by atoms with van der Waals surface area (Å²) in [6.45, 7) is 3.32. The van der Waals surface area contributed by atoms with E-state index in [9.17, 15) is 4.79 Å². The monoisotopic (exact) mass is 286 g/mol. The third-order valence-electron chi connectivity index (χ3n) is 2.92. The van der Waals surface area contributed by atoms with E-state index in [0.29, 0.717) is 13.2 Å². The number of ether oxygens (including phenoxy) is 1. The zero-order chi connectivity index (χ0) is 13.5. The Labute approximate surface area is 121 Å². The molecule has 5 heteroatoms. The molecule has 0 saturated carbocycles. The van der Waals surface area contributed by atoms with Crippen molar-refractivity contribution in [2.24, 2.45) is 5.73 Å². The Bertz CT molecular complexity index is 382. The van der Waals surface area contributed by atoms with Gasteiger partial charge in [0, 0.05) is 27.3 Å². The van der Waals surface area contributed by atoms with Crippen LogP contribution in [0.2, 0.25) is 0 Å². The van der Waals surface area contributed by atoms with Gasteiger partial charge >= 0.3 is 0 Å². The SMILES string of the molecule is COCCCN(C)C(=O)C(N)c1ccc(C)cc1.Cl. The number of likely N-dealkylation sites (N-methyl/N-ethyl adjacent to an activating group) is 1. The standard InChI is InChI=1S/C14H22N2O2.ClH/c1-11-5-7-12(8-6-11)13(15)14(17)16(2)9-4-10-18-3;/h5-8,13H,4,9-10,15H2,1-3H3;1H. The molecule has 1 aromatic carbocycles. The number of hydrogen-bond donors (Lipinski definition) is 1. The lowest BCUT2D eigenvalue weighted by Crippen LogP contribution is -2.36. The van der Waals surface area contributed by atoms with Crippen LogP contribution in [0.1, 0.15) is 23.6 Å². The summed E-state index contributed by atoms with van der Waals surface area (Å²) in [6.07, 6.45) is 0.819. The van der Waals surface area contributed by atoms with Gasteiger partial charge < -0.3 is 15.4 Å². The number of nitrogens with two attached hydrogens (primary N) is 1. The van der Waals surface area contributed by atoms with Gasteiger partial charge in [-0.25, -0.2) is 0 Å². The lowest BCUT2D eigenvalue weighted by atomic mass is 10.0. The molecule has 0 aliphatic rings. The molecule has 0 fully saturated rings. The van der Waals surface area contributed by atoms with E-state index in [1.165, 1.54) is 0 Å². The molecule has 2 N–H and O–H groups in total. The maximum atomic E-state index is 12.1. The van der Waals surface area contributed by atoms with Crippen LogP contribution in [0.4, 0.5) is 0 Å². The summed E-state index contributed by atoms with van der Waals surface area (Å²) in [5.74, 6) is -0.0602. The summed E-state index contributed by atoms with van der Waals surface area (Å²) in [5.41, 5.74) is 7.98. The molecule has 1 rings (SSSR count).